The van der Waals surface area contributed by atoms with E-state index in [1.54, 1.807) is 0 Å². The fourth-order valence-electron chi connectivity index (χ4n) is 1.23. The van der Waals surface area contributed by atoms with Crippen LogP contribution in [0.3, 0.4) is 0 Å². The molecule has 0 saturated carbocycles. The van der Waals surface area contributed by atoms with Crippen LogP contribution in [-0.2, 0) is 4.79 Å². The van der Waals surface area contributed by atoms with Crippen molar-refractivity contribution in [3.8, 4) is 0 Å². The lowest BCUT2D eigenvalue weighted by Crippen LogP contribution is -2.25. The van der Waals surface area contributed by atoms with E-state index in [1.807, 2.05) is 0 Å². The first-order valence-corrected chi connectivity index (χ1v) is 5.85. The largest absolute Gasteiger partial charge is 0.481 e. The molecule has 0 bridgehead atoms. The molecule has 0 fully saturated rings. The van der Waals surface area contributed by atoms with Crippen LogP contribution in [0.2, 0.25) is 0 Å². The molecule has 1 amide bonds. The molecule has 1 rings (SSSR count). The van der Waals surface area contributed by atoms with Gasteiger partial charge in [-0.15, -0.1) is 0 Å². The van der Waals surface area contributed by atoms with Crippen molar-refractivity contribution < 1.29 is 23.5 Å². The van der Waals surface area contributed by atoms with Crippen molar-refractivity contribution >= 4 is 27.8 Å². The summed E-state index contributed by atoms with van der Waals surface area (Å²) in [6.45, 7) is 0.149. The summed E-state index contributed by atoms with van der Waals surface area (Å²) in [6, 6.07) is 1.65. The van der Waals surface area contributed by atoms with Crippen LogP contribution < -0.4 is 5.32 Å². The minimum Gasteiger partial charge on any atom is -0.481 e. The summed E-state index contributed by atoms with van der Waals surface area (Å²) in [4.78, 5) is 21.8. The van der Waals surface area contributed by atoms with Gasteiger partial charge >= 0.3 is 5.97 Å². The quantitative estimate of drug-likeness (QED) is 0.646. The molecule has 1 aromatic rings. The number of carboxylic acid groups (broad SMARTS) is 1. The van der Waals surface area contributed by atoms with Gasteiger partial charge in [-0.25, -0.2) is 8.78 Å². The summed E-state index contributed by atoms with van der Waals surface area (Å²) < 4.78 is 25.9. The first-order chi connectivity index (χ1) is 8.41. The van der Waals surface area contributed by atoms with Crippen molar-refractivity contribution in [3.63, 3.8) is 0 Å². The topological polar surface area (TPSA) is 66.4 Å². The van der Waals surface area contributed by atoms with Crippen LogP contribution in [0.5, 0.6) is 0 Å². The molecule has 0 atom stereocenters. The van der Waals surface area contributed by atoms with E-state index in [2.05, 4.69) is 21.2 Å². The van der Waals surface area contributed by atoms with Gasteiger partial charge in [-0.3, -0.25) is 9.59 Å². The molecular formula is C11H10BrF2NO3. The number of benzene rings is 1. The van der Waals surface area contributed by atoms with Crippen LogP contribution in [0.25, 0.3) is 0 Å². The van der Waals surface area contributed by atoms with Crippen LogP contribution >= 0.6 is 15.9 Å². The second-order valence-electron chi connectivity index (χ2n) is 3.50. The predicted molar refractivity (Wildman–Crippen MR) is 63.3 cm³/mol. The molecular weight excluding hydrogens is 312 g/mol. The zero-order chi connectivity index (χ0) is 13.7. The summed E-state index contributed by atoms with van der Waals surface area (Å²) >= 11 is 2.95. The van der Waals surface area contributed by atoms with E-state index >= 15 is 0 Å². The van der Waals surface area contributed by atoms with E-state index in [0.29, 0.717) is 0 Å². The second kappa shape index (κ2) is 6.44. The average Bonchev–Trinajstić information content (AvgIpc) is 2.28. The van der Waals surface area contributed by atoms with Gasteiger partial charge in [0, 0.05) is 17.4 Å². The summed E-state index contributed by atoms with van der Waals surface area (Å²) in [5.41, 5.74) is -0.0378. The molecule has 2 N–H and O–H groups in total. The van der Waals surface area contributed by atoms with Crippen LogP contribution in [0, 0.1) is 11.6 Å². The molecule has 0 aliphatic rings. The van der Waals surface area contributed by atoms with Gasteiger partial charge in [-0.2, -0.15) is 0 Å². The standard InChI is InChI=1S/C11H10BrF2NO3/c12-7-5-9(14)8(13)4-6(7)11(18)15-3-1-2-10(16)17/h4-5H,1-3H2,(H,15,18)(H,16,17). The Balaban J connectivity index is 2.62. The third kappa shape index (κ3) is 4.06. The van der Waals surface area contributed by atoms with Crippen molar-refractivity contribution in [2.45, 2.75) is 12.8 Å². The lowest BCUT2D eigenvalue weighted by Gasteiger charge is -2.06. The lowest BCUT2D eigenvalue weighted by atomic mass is 10.2. The first-order valence-electron chi connectivity index (χ1n) is 5.06. The third-order valence-electron chi connectivity index (χ3n) is 2.11. The highest BCUT2D eigenvalue weighted by atomic mass is 79.9. The minimum atomic E-state index is -1.12. The molecule has 0 aliphatic heterocycles. The molecule has 18 heavy (non-hydrogen) atoms. The highest BCUT2D eigenvalue weighted by molar-refractivity contribution is 9.10. The van der Waals surface area contributed by atoms with Gasteiger partial charge in [-0.1, -0.05) is 0 Å². The third-order valence-corrected chi connectivity index (χ3v) is 2.76. The number of hydrogen-bond donors (Lipinski definition) is 2. The Morgan fingerprint density at radius 1 is 1.28 bits per heavy atom. The Bertz CT molecular complexity index is 480. The molecule has 1 aromatic carbocycles. The fraction of sp³-hybridized carbons (Fsp3) is 0.273. The van der Waals surface area contributed by atoms with Crippen molar-refractivity contribution in [1.82, 2.24) is 5.32 Å². The predicted octanol–water partition coefficient (Wildman–Crippen LogP) is 2.32. The maximum atomic E-state index is 13.0. The van der Waals surface area contributed by atoms with Crippen LogP contribution in [0.4, 0.5) is 8.78 Å². The van der Waals surface area contributed by atoms with Crippen LogP contribution in [0.15, 0.2) is 16.6 Å². The normalized spacial score (nSPS) is 10.2. The number of carboxylic acids is 1. The van der Waals surface area contributed by atoms with E-state index < -0.39 is 23.5 Å². The monoisotopic (exact) mass is 321 g/mol. The Morgan fingerprint density at radius 3 is 2.50 bits per heavy atom. The summed E-state index contributed by atoms with van der Waals surface area (Å²) in [5, 5.41) is 10.8. The van der Waals surface area contributed by atoms with E-state index in [9.17, 15) is 18.4 Å². The van der Waals surface area contributed by atoms with Gasteiger partial charge in [0.1, 0.15) is 0 Å². The number of aliphatic carboxylic acids is 1. The highest BCUT2D eigenvalue weighted by Gasteiger charge is 2.14. The molecule has 4 nitrogen and oxygen atoms in total. The van der Waals surface area contributed by atoms with Crippen molar-refractivity contribution in [2.75, 3.05) is 6.54 Å². The summed E-state index contributed by atoms with van der Waals surface area (Å²) in [6.07, 6.45) is 0.196. The Morgan fingerprint density at radius 2 is 1.89 bits per heavy atom. The molecule has 0 aromatic heterocycles. The minimum absolute atomic E-state index is 0.0378. The highest BCUT2D eigenvalue weighted by Crippen LogP contribution is 2.20. The molecule has 7 heteroatoms. The van der Waals surface area contributed by atoms with Gasteiger partial charge in [-0.05, 0) is 34.5 Å². The van der Waals surface area contributed by atoms with E-state index in [1.165, 1.54) is 0 Å². The second-order valence-corrected chi connectivity index (χ2v) is 4.35. The molecule has 0 radical (unpaired) electrons. The van der Waals surface area contributed by atoms with E-state index in [-0.39, 0.29) is 29.4 Å². The molecule has 0 spiro atoms. The molecule has 0 aliphatic carbocycles. The van der Waals surface area contributed by atoms with Crippen LogP contribution in [-0.4, -0.2) is 23.5 Å². The maximum Gasteiger partial charge on any atom is 0.303 e. The Hall–Kier alpha value is -1.50. The van der Waals surface area contributed by atoms with E-state index in [0.717, 1.165) is 12.1 Å². The number of amides is 1. The maximum absolute atomic E-state index is 13.0. The molecule has 0 heterocycles. The van der Waals surface area contributed by atoms with Crippen molar-refractivity contribution in [1.29, 1.82) is 0 Å². The lowest BCUT2D eigenvalue weighted by molar-refractivity contribution is -0.137. The molecule has 0 unspecified atom stereocenters. The average molecular weight is 322 g/mol. The zero-order valence-electron chi connectivity index (χ0n) is 9.17. The van der Waals surface area contributed by atoms with E-state index in [4.69, 9.17) is 5.11 Å². The van der Waals surface area contributed by atoms with Gasteiger partial charge in [0.25, 0.3) is 5.91 Å². The van der Waals surface area contributed by atoms with Gasteiger partial charge < -0.3 is 10.4 Å². The van der Waals surface area contributed by atoms with Crippen LogP contribution in [0.1, 0.15) is 23.2 Å². The smallest absolute Gasteiger partial charge is 0.303 e. The van der Waals surface area contributed by atoms with Gasteiger partial charge in [0.05, 0.1) is 5.56 Å². The number of rotatable bonds is 5. The van der Waals surface area contributed by atoms with Gasteiger partial charge in [0.15, 0.2) is 11.6 Å². The number of hydrogen-bond acceptors (Lipinski definition) is 2. The Kier molecular flexibility index (Phi) is 5.21. The summed E-state index contributed by atoms with van der Waals surface area (Å²) in [7, 11) is 0. The van der Waals surface area contributed by atoms with Crippen molar-refractivity contribution in [3.05, 3.63) is 33.8 Å². The van der Waals surface area contributed by atoms with Gasteiger partial charge in [0.2, 0.25) is 0 Å². The Labute approximate surface area is 110 Å². The summed E-state index contributed by atoms with van der Waals surface area (Å²) in [5.74, 6) is -3.72. The first kappa shape index (κ1) is 14.6. The molecule has 98 valence electrons. The number of halogens is 3. The molecule has 0 saturated heterocycles. The number of carbonyl (C=O) groups excluding carboxylic acids is 1. The van der Waals surface area contributed by atoms with Crippen molar-refractivity contribution in [2.24, 2.45) is 0 Å². The number of nitrogens with one attached hydrogen (secondary N) is 1. The number of carbonyl (C=O) groups is 2. The zero-order valence-corrected chi connectivity index (χ0v) is 10.8. The fourth-order valence-corrected chi connectivity index (χ4v) is 1.73. The SMILES string of the molecule is O=C(O)CCCNC(=O)c1cc(F)c(F)cc1Br.